The van der Waals surface area contributed by atoms with E-state index in [2.05, 4.69) is 42.6 Å². The third kappa shape index (κ3) is 2.32. The minimum Gasteiger partial charge on any atom is -0.478 e. The molecule has 0 spiro atoms. The van der Waals surface area contributed by atoms with Crippen LogP contribution in [0, 0.1) is 5.92 Å². The van der Waals surface area contributed by atoms with Crippen LogP contribution < -0.4 is 5.32 Å². The Morgan fingerprint density at radius 1 is 1.21 bits per heavy atom. The molecule has 1 aliphatic heterocycles. The fourth-order valence-corrected chi connectivity index (χ4v) is 4.13. The quantitative estimate of drug-likeness (QED) is 0.801. The van der Waals surface area contributed by atoms with Gasteiger partial charge in [0.25, 0.3) is 0 Å². The molecule has 0 fully saturated rings. The smallest absolute Gasteiger partial charge is 0.336 e. The molecule has 3 nitrogen and oxygen atoms in total. The highest BCUT2D eigenvalue weighted by atomic mass is 16.4. The Kier molecular flexibility index (Phi) is 3.64. The molecule has 0 amide bonds. The molecule has 0 aromatic heterocycles. The van der Waals surface area contributed by atoms with E-state index in [0.717, 1.165) is 24.1 Å². The van der Waals surface area contributed by atoms with Gasteiger partial charge in [-0.05, 0) is 47.6 Å². The van der Waals surface area contributed by atoms with Gasteiger partial charge in [-0.2, -0.15) is 0 Å². The van der Waals surface area contributed by atoms with Crippen molar-refractivity contribution in [2.45, 2.75) is 31.7 Å². The van der Waals surface area contributed by atoms with Crippen LogP contribution in [0.2, 0.25) is 0 Å². The van der Waals surface area contributed by atoms with Gasteiger partial charge in [-0.1, -0.05) is 49.4 Å². The van der Waals surface area contributed by atoms with Gasteiger partial charge >= 0.3 is 5.97 Å². The first-order valence-corrected chi connectivity index (χ1v) is 8.57. The minimum absolute atomic E-state index is 0.0253. The number of benzene rings is 2. The van der Waals surface area contributed by atoms with Crippen molar-refractivity contribution in [3.8, 4) is 0 Å². The summed E-state index contributed by atoms with van der Waals surface area (Å²) < 4.78 is 0. The van der Waals surface area contributed by atoms with E-state index in [1.807, 2.05) is 12.1 Å². The van der Waals surface area contributed by atoms with Gasteiger partial charge < -0.3 is 10.4 Å². The molecule has 2 aromatic carbocycles. The molecule has 0 saturated heterocycles. The number of fused-ring (bicyclic) bond motifs is 3. The molecule has 122 valence electrons. The van der Waals surface area contributed by atoms with E-state index in [-0.39, 0.29) is 6.04 Å². The van der Waals surface area contributed by atoms with Crippen LogP contribution in [0.3, 0.4) is 0 Å². The summed E-state index contributed by atoms with van der Waals surface area (Å²) in [6.45, 7) is 2.17. The largest absolute Gasteiger partial charge is 0.478 e. The van der Waals surface area contributed by atoms with E-state index < -0.39 is 5.97 Å². The molecule has 3 atom stereocenters. The number of rotatable bonds is 3. The predicted octanol–water partition coefficient (Wildman–Crippen LogP) is 4.77. The zero-order valence-corrected chi connectivity index (χ0v) is 13.7. The summed E-state index contributed by atoms with van der Waals surface area (Å²) >= 11 is 0. The van der Waals surface area contributed by atoms with Gasteiger partial charge in [0, 0.05) is 11.6 Å². The highest BCUT2D eigenvalue weighted by Crippen LogP contribution is 2.50. The van der Waals surface area contributed by atoms with Gasteiger partial charge in [-0.15, -0.1) is 0 Å². The number of aryl methyl sites for hydroxylation is 1. The van der Waals surface area contributed by atoms with Crippen LogP contribution in [-0.2, 0) is 6.42 Å². The van der Waals surface area contributed by atoms with Crippen molar-refractivity contribution >= 4 is 11.7 Å². The molecule has 24 heavy (non-hydrogen) atoms. The molecule has 1 aliphatic carbocycles. The second kappa shape index (κ2) is 5.82. The molecular weight excluding hydrogens is 298 g/mol. The first kappa shape index (κ1) is 15.0. The lowest BCUT2D eigenvalue weighted by atomic mass is 9.75. The van der Waals surface area contributed by atoms with Crippen molar-refractivity contribution in [1.29, 1.82) is 0 Å². The number of anilines is 1. The molecular formula is C21H21NO2. The fourth-order valence-electron chi connectivity index (χ4n) is 4.13. The lowest BCUT2D eigenvalue weighted by Gasteiger charge is -2.38. The van der Waals surface area contributed by atoms with Crippen LogP contribution in [0.15, 0.2) is 54.6 Å². The summed E-state index contributed by atoms with van der Waals surface area (Å²) in [5, 5.41) is 13.2. The lowest BCUT2D eigenvalue weighted by molar-refractivity contribution is 0.0694. The normalized spacial score (nSPS) is 24.1. The minimum atomic E-state index is -0.859. The van der Waals surface area contributed by atoms with Crippen LogP contribution in [-0.4, -0.2) is 11.1 Å². The Balaban J connectivity index is 1.81. The van der Waals surface area contributed by atoms with Crippen LogP contribution >= 0.6 is 0 Å². The summed E-state index contributed by atoms with van der Waals surface area (Å²) in [5.41, 5.74) is 5.10. The summed E-state index contributed by atoms with van der Waals surface area (Å²) in [7, 11) is 0. The van der Waals surface area contributed by atoms with E-state index in [9.17, 15) is 9.90 Å². The van der Waals surface area contributed by atoms with Crippen molar-refractivity contribution in [3.05, 3.63) is 76.9 Å². The van der Waals surface area contributed by atoms with Gasteiger partial charge in [0.05, 0.1) is 11.6 Å². The fraction of sp³-hybridized carbons (Fsp3) is 0.286. The highest BCUT2D eigenvalue weighted by molar-refractivity contribution is 5.89. The second-order valence-electron chi connectivity index (χ2n) is 6.64. The number of allylic oxidation sites excluding steroid dienone is 2. The standard InChI is InChI=1S/C21H21NO2/c1-2-13-10-11-19-18(12-13)14-8-5-9-15(14)20(22-19)16-6-3-4-7-17(16)21(23)24/h3-8,10-12,14-15,20,22H,2,9H2,1H3,(H,23,24)/t14-,15+,20+/m1/s1. The SMILES string of the molecule is CCc1ccc2c(c1)[C@@H]1C=CC[C@@H]1[C@@H](c1ccccc1C(=O)O)N2. The number of carboxylic acid groups (broad SMARTS) is 1. The lowest BCUT2D eigenvalue weighted by Crippen LogP contribution is -2.30. The molecule has 0 unspecified atom stereocenters. The molecule has 2 aliphatic rings. The number of carboxylic acids is 1. The molecule has 0 saturated carbocycles. The number of hydrogen-bond donors (Lipinski definition) is 2. The third-order valence-electron chi connectivity index (χ3n) is 5.36. The van der Waals surface area contributed by atoms with Crippen LogP contribution in [0.4, 0.5) is 5.69 Å². The number of nitrogens with one attached hydrogen (secondary N) is 1. The first-order chi connectivity index (χ1) is 11.7. The van der Waals surface area contributed by atoms with Crippen LogP contribution in [0.5, 0.6) is 0 Å². The maximum atomic E-state index is 11.6. The summed E-state index contributed by atoms with van der Waals surface area (Å²) in [6.07, 6.45) is 6.53. The maximum absolute atomic E-state index is 11.6. The van der Waals surface area contributed by atoms with E-state index in [1.165, 1.54) is 11.1 Å². The van der Waals surface area contributed by atoms with E-state index in [0.29, 0.717) is 17.4 Å². The third-order valence-corrected chi connectivity index (χ3v) is 5.36. The Morgan fingerprint density at radius 2 is 2.04 bits per heavy atom. The van der Waals surface area contributed by atoms with Crippen LogP contribution in [0.1, 0.15) is 52.4 Å². The molecule has 4 rings (SSSR count). The molecule has 3 heteroatoms. The molecule has 2 aromatic rings. The summed E-state index contributed by atoms with van der Waals surface area (Å²) in [6, 6.07) is 14.0. The predicted molar refractivity (Wildman–Crippen MR) is 95.6 cm³/mol. The Hall–Kier alpha value is -2.55. The topological polar surface area (TPSA) is 49.3 Å². The Morgan fingerprint density at radius 3 is 2.83 bits per heavy atom. The summed E-state index contributed by atoms with van der Waals surface area (Å²) in [5.74, 6) is -0.133. The van der Waals surface area contributed by atoms with E-state index >= 15 is 0 Å². The van der Waals surface area contributed by atoms with Crippen molar-refractivity contribution < 1.29 is 9.90 Å². The van der Waals surface area contributed by atoms with Gasteiger partial charge in [0.15, 0.2) is 0 Å². The summed E-state index contributed by atoms with van der Waals surface area (Å²) in [4.78, 5) is 11.6. The Labute approximate surface area is 142 Å². The van der Waals surface area contributed by atoms with Crippen molar-refractivity contribution in [2.75, 3.05) is 5.32 Å². The van der Waals surface area contributed by atoms with Gasteiger partial charge in [-0.3, -0.25) is 0 Å². The average Bonchev–Trinajstić information content (AvgIpc) is 3.10. The number of aromatic carboxylic acids is 1. The average molecular weight is 319 g/mol. The van der Waals surface area contributed by atoms with E-state index in [4.69, 9.17) is 0 Å². The zero-order chi connectivity index (χ0) is 16.7. The molecule has 0 radical (unpaired) electrons. The van der Waals surface area contributed by atoms with Crippen molar-refractivity contribution in [3.63, 3.8) is 0 Å². The maximum Gasteiger partial charge on any atom is 0.336 e. The Bertz CT molecular complexity index is 824. The first-order valence-electron chi connectivity index (χ1n) is 8.57. The second-order valence-corrected chi connectivity index (χ2v) is 6.64. The van der Waals surface area contributed by atoms with E-state index in [1.54, 1.807) is 12.1 Å². The molecule has 0 bridgehead atoms. The molecule has 2 N–H and O–H groups in total. The van der Waals surface area contributed by atoms with Crippen molar-refractivity contribution in [2.24, 2.45) is 5.92 Å². The number of carbonyl (C=O) groups is 1. The van der Waals surface area contributed by atoms with Gasteiger partial charge in [0.1, 0.15) is 0 Å². The zero-order valence-electron chi connectivity index (χ0n) is 13.7. The van der Waals surface area contributed by atoms with Crippen LogP contribution in [0.25, 0.3) is 0 Å². The number of hydrogen-bond acceptors (Lipinski definition) is 2. The van der Waals surface area contributed by atoms with Gasteiger partial charge in [0.2, 0.25) is 0 Å². The van der Waals surface area contributed by atoms with Gasteiger partial charge in [-0.25, -0.2) is 4.79 Å². The highest BCUT2D eigenvalue weighted by Gasteiger charge is 2.39. The van der Waals surface area contributed by atoms with Crippen molar-refractivity contribution in [1.82, 2.24) is 0 Å². The monoisotopic (exact) mass is 319 g/mol. The molecule has 1 heterocycles.